The van der Waals surface area contributed by atoms with E-state index in [0.29, 0.717) is 24.5 Å². The van der Waals surface area contributed by atoms with E-state index < -0.39 is 0 Å². The van der Waals surface area contributed by atoms with Crippen molar-refractivity contribution in [1.82, 2.24) is 0 Å². The maximum atomic E-state index is 11.5. The van der Waals surface area contributed by atoms with E-state index in [-0.39, 0.29) is 5.78 Å². The topological polar surface area (TPSA) is 35.5 Å². The minimum atomic E-state index is 0.0225. The molecule has 0 aromatic heterocycles. The summed E-state index contributed by atoms with van der Waals surface area (Å²) in [5.74, 6) is 1.36. The first-order valence-corrected chi connectivity index (χ1v) is 6.02. The molecule has 1 aliphatic heterocycles. The highest BCUT2D eigenvalue weighted by molar-refractivity contribution is 5.99. The average Bonchev–Trinajstić information content (AvgIpc) is 2.31. The maximum Gasteiger partial charge on any atom is 0.172 e. The van der Waals surface area contributed by atoms with Gasteiger partial charge in [-0.1, -0.05) is 19.9 Å². The van der Waals surface area contributed by atoms with E-state index >= 15 is 0 Å². The van der Waals surface area contributed by atoms with Crippen LogP contribution in [-0.4, -0.2) is 19.0 Å². The molecule has 0 spiro atoms. The number of carbonyl (C=O) groups excluding carboxylic acids is 1. The molecule has 0 saturated heterocycles. The molecule has 0 bridgehead atoms. The lowest BCUT2D eigenvalue weighted by atomic mass is 10.00. The van der Waals surface area contributed by atoms with Crippen LogP contribution in [-0.2, 0) is 0 Å². The Morgan fingerprint density at radius 1 is 1.06 bits per heavy atom. The highest BCUT2D eigenvalue weighted by atomic mass is 16.6. The van der Waals surface area contributed by atoms with Gasteiger partial charge in [-0.15, -0.1) is 0 Å². The summed E-state index contributed by atoms with van der Waals surface area (Å²) in [6, 6.07) is 1.96. The van der Waals surface area contributed by atoms with Crippen LogP contribution in [0.25, 0.3) is 0 Å². The van der Waals surface area contributed by atoms with Crippen molar-refractivity contribution in [2.75, 3.05) is 13.2 Å². The van der Waals surface area contributed by atoms with E-state index in [4.69, 9.17) is 9.47 Å². The number of rotatable bonds is 1. The molecule has 0 amide bonds. The minimum Gasteiger partial charge on any atom is -0.486 e. The van der Waals surface area contributed by atoms with Gasteiger partial charge in [0.25, 0.3) is 0 Å². The smallest absolute Gasteiger partial charge is 0.172 e. The molecule has 0 N–H and O–H groups in total. The summed E-state index contributed by atoms with van der Waals surface area (Å²) in [4.78, 5) is 11.5. The Kier molecular flexibility index (Phi) is 4.55. The van der Waals surface area contributed by atoms with Crippen molar-refractivity contribution in [3.63, 3.8) is 0 Å². The molecule has 17 heavy (non-hydrogen) atoms. The van der Waals surface area contributed by atoms with E-state index in [1.54, 1.807) is 6.92 Å². The molecule has 0 saturated carbocycles. The van der Waals surface area contributed by atoms with Gasteiger partial charge >= 0.3 is 0 Å². The van der Waals surface area contributed by atoms with Gasteiger partial charge in [-0.3, -0.25) is 4.79 Å². The summed E-state index contributed by atoms with van der Waals surface area (Å²) in [6.07, 6.45) is 0. The molecule has 1 aromatic rings. The molecule has 0 atom stereocenters. The van der Waals surface area contributed by atoms with Gasteiger partial charge in [-0.05, 0) is 31.9 Å². The summed E-state index contributed by atoms with van der Waals surface area (Å²) >= 11 is 0. The summed E-state index contributed by atoms with van der Waals surface area (Å²) in [7, 11) is 0. The zero-order chi connectivity index (χ0) is 13.0. The van der Waals surface area contributed by atoms with Gasteiger partial charge in [0.1, 0.15) is 13.2 Å². The molecule has 1 aromatic carbocycles. The number of aryl methyl sites for hydroxylation is 2. The van der Waals surface area contributed by atoms with E-state index in [2.05, 4.69) is 0 Å². The molecule has 0 radical (unpaired) electrons. The van der Waals surface area contributed by atoms with E-state index in [0.717, 1.165) is 16.9 Å². The van der Waals surface area contributed by atoms with Crippen LogP contribution in [0.4, 0.5) is 0 Å². The van der Waals surface area contributed by atoms with E-state index in [9.17, 15) is 4.79 Å². The first-order chi connectivity index (χ1) is 8.11. The van der Waals surface area contributed by atoms with Gasteiger partial charge < -0.3 is 9.47 Å². The molecule has 2 rings (SSSR count). The van der Waals surface area contributed by atoms with Crippen molar-refractivity contribution in [2.24, 2.45) is 0 Å². The SMILES string of the molecule is CC.CC(=O)c1c(C)cc(C)c2c1OCCO2. The second-order valence-electron chi connectivity index (χ2n) is 3.80. The molecule has 3 nitrogen and oxygen atoms in total. The summed E-state index contributed by atoms with van der Waals surface area (Å²) < 4.78 is 11.1. The number of fused-ring (bicyclic) bond motifs is 1. The third-order valence-corrected chi connectivity index (χ3v) is 2.55. The highest BCUT2D eigenvalue weighted by Crippen LogP contribution is 2.38. The van der Waals surface area contributed by atoms with E-state index in [1.165, 1.54) is 0 Å². The lowest BCUT2D eigenvalue weighted by Crippen LogP contribution is -2.19. The number of hydrogen-bond acceptors (Lipinski definition) is 3. The molecular weight excluding hydrogens is 216 g/mol. The van der Waals surface area contributed by atoms with Gasteiger partial charge in [0.15, 0.2) is 17.3 Å². The van der Waals surface area contributed by atoms with Crippen LogP contribution in [0, 0.1) is 13.8 Å². The molecule has 0 unspecified atom stereocenters. The number of hydrogen-bond donors (Lipinski definition) is 0. The van der Waals surface area contributed by atoms with Crippen molar-refractivity contribution in [3.8, 4) is 11.5 Å². The van der Waals surface area contributed by atoms with Gasteiger partial charge in [-0.2, -0.15) is 0 Å². The van der Waals surface area contributed by atoms with Gasteiger partial charge in [0.2, 0.25) is 0 Å². The van der Waals surface area contributed by atoms with Crippen molar-refractivity contribution < 1.29 is 14.3 Å². The molecule has 1 heterocycles. The quantitative estimate of drug-likeness (QED) is 0.702. The zero-order valence-electron chi connectivity index (χ0n) is 11.2. The number of Topliss-reactive ketones (excluding diaryl/α,β-unsaturated/α-hetero) is 1. The molecule has 3 heteroatoms. The number of carbonyl (C=O) groups is 1. The second-order valence-corrected chi connectivity index (χ2v) is 3.80. The Morgan fingerprint density at radius 2 is 1.59 bits per heavy atom. The number of ether oxygens (including phenoxy) is 2. The van der Waals surface area contributed by atoms with Crippen molar-refractivity contribution in [2.45, 2.75) is 34.6 Å². The molecule has 0 aliphatic carbocycles. The van der Waals surface area contributed by atoms with Crippen LogP contribution in [0.1, 0.15) is 42.3 Å². The monoisotopic (exact) mass is 236 g/mol. The lowest BCUT2D eigenvalue weighted by molar-refractivity contribution is 0.100. The normalized spacial score (nSPS) is 12.5. The van der Waals surface area contributed by atoms with E-state index in [1.807, 2.05) is 33.8 Å². The predicted octanol–water partition coefficient (Wildman–Crippen LogP) is 3.30. The zero-order valence-corrected chi connectivity index (χ0v) is 11.2. The largest absolute Gasteiger partial charge is 0.486 e. The van der Waals surface area contributed by atoms with Crippen LogP contribution in [0.3, 0.4) is 0 Å². The molecule has 0 fully saturated rings. The first-order valence-electron chi connectivity index (χ1n) is 6.02. The lowest BCUT2D eigenvalue weighted by Gasteiger charge is -2.23. The minimum absolute atomic E-state index is 0.0225. The van der Waals surface area contributed by atoms with Crippen LogP contribution >= 0.6 is 0 Å². The van der Waals surface area contributed by atoms with Crippen molar-refractivity contribution >= 4 is 5.78 Å². The summed E-state index contributed by atoms with van der Waals surface area (Å²) in [5.41, 5.74) is 2.62. The summed E-state index contributed by atoms with van der Waals surface area (Å²) in [5, 5.41) is 0. The first kappa shape index (κ1) is 13.6. The maximum absolute atomic E-state index is 11.5. The highest BCUT2D eigenvalue weighted by Gasteiger charge is 2.22. The Labute approximate surface area is 103 Å². The van der Waals surface area contributed by atoms with Crippen molar-refractivity contribution in [1.29, 1.82) is 0 Å². The summed E-state index contributed by atoms with van der Waals surface area (Å²) in [6.45, 7) is 10.5. The molecular formula is C14H20O3. The average molecular weight is 236 g/mol. The second kappa shape index (κ2) is 5.71. The molecule has 1 aliphatic rings. The fourth-order valence-electron chi connectivity index (χ4n) is 1.98. The van der Waals surface area contributed by atoms with Crippen LogP contribution in [0.2, 0.25) is 0 Å². The Hall–Kier alpha value is -1.51. The van der Waals surface area contributed by atoms with Crippen molar-refractivity contribution in [3.05, 3.63) is 22.8 Å². The Balaban J connectivity index is 0.000000686. The van der Waals surface area contributed by atoms with Crippen LogP contribution in [0.15, 0.2) is 6.07 Å². The third kappa shape index (κ3) is 2.60. The van der Waals surface area contributed by atoms with Gasteiger partial charge in [0, 0.05) is 0 Å². The predicted molar refractivity (Wildman–Crippen MR) is 68.3 cm³/mol. The standard InChI is InChI=1S/C12H14O3.C2H6/c1-7-6-8(2)11-12(10(7)9(3)13)15-5-4-14-11;1-2/h6H,4-5H2,1-3H3;1-2H3. The van der Waals surface area contributed by atoms with Gasteiger partial charge in [-0.25, -0.2) is 0 Å². The Bertz CT molecular complexity index is 422. The molecule has 94 valence electrons. The number of benzene rings is 1. The Morgan fingerprint density at radius 3 is 2.12 bits per heavy atom. The van der Waals surface area contributed by atoms with Crippen LogP contribution < -0.4 is 9.47 Å². The number of ketones is 1. The fourth-order valence-corrected chi connectivity index (χ4v) is 1.98. The fraction of sp³-hybridized carbons (Fsp3) is 0.500. The van der Waals surface area contributed by atoms with Gasteiger partial charge in [0.05, 0.1) is 5.56 Å². The van der Waals surface area contributed by atoms with Crippen LogP contribution in [0.5, 0.6) is 11.5 Å². The third-order valence-electron chi connectivity index (χ3n) is 2.55.